The van der Waals surface area contributed by atoms with E-state index in [-0.39, 0.29) is 5.75 Å². The van der Waals surface area contributed by atoms with Crippen LogP contribution in [0.5, 0.6) is 5.75 Å². The molecule has 0 aliphatic carbocycles. The number of anilines is 1. The lowest BCUT2D eigenvalue weighted by Gasteiger charge is -2.05. The van der Waals surface area contributed by atoms with E-state index in [2.05, 4.69) is 30.3 Å². The van der Waals surface area contributed by atoms with Gasteiger partial charge in [0.2, 0.25) is 0 Å². The van der Waals surface area contributed by atoms with E-state index >= 15 is 0 Å². The smallest absolute Gasteiger partial charge is 0.117 e. The van der Waals surface area contributed by atoms with Gasteiger partial charge in [-0.1, -0.05) is 36.8 Å². The van der Waals surface area contributed by atoms with Crippen molar-refractivity contribution in [3.63, 3.8) is 0 Å². The minimum atomic E-state index is 0.263. The minimum Gasteiger partial charge on any atom is -0.508 e. The average Bonchev–Trinajstić information content (AvgIpc) is 2.38. The summed E-state index contributed by atoms with van der Waals surface area (Å²) in [5.74, 6) is 0.263. The molecule has 2 rings (SSSR count). The zero-order chi connectivity index (χ0) is 13.5. The molecule has 0 fully saturated rings. The number of nitrogens with two attached hydrogens (primary N) is 1. The highest BCUT2D eigenvalue weighted by Gasteiger charge is 1.99. The fourth-order valence-electron chi connectivity index (χ4n) is 2.32. The highest BCUT2D eigenvalue weighted by Crippen LogP contribution is 2.19. The monoisotopic (exact) mass is 255 g/mol. The molecule has 0 saturated carbocycles. The van der Waals surface area contributed by atoms with Crippen LogP contribution in [0.15, 0.2) is 48.5 Å². The summed E-state index contributed by atoms with van der Waals surface area (Å²) in [4.78, 5) is 0. The zero-order valence-electron chi connectivity index (χ0n) is 11.2. The van der Waals surface area contributed by atoms with E-state index in [4.69, 9.17) is 5.73 Å². The first kappa shape index (κ1) is 13.5. The van der Waals surface area contributed by atoms with E-state index in [1.54, 1.807) is 12.1 Å². The van der Waals surface area contributed by atoms with E-state index in [0.29, 0.717) is 5.69 Å². The number of hydrogen-bond acceptors (Lipinski definition) is 2. The molecule has 2 aromatic rings. The fourth-order valence-corrected chi connectivity index (χ4v) is 2.32. The maximum absolute atomic E-state index is 9.47. The summed E-state index contributed by atoms with van der Waals surface area (Å²) in [5, 5.41) is 9.47. The van der Waals surface area contributed by atoms with E-state index in [0.717, 1.165) is 24.8 Å². The van der Waals surface area contributed by atoms with Crippen molar-refractivity contribution in [2.75, 3.05) is 5.73 Å². The Morgan fingerprint density at radius 3 is 2.16 bits per heavy atom. The Morgan fingerprint density at radius 1 is 0.789 bits per heavy atom. The summed E-state index contributed by atoms with van der Waals surface area (Å²) in [6, 6.07) is 15.9. The third kappa shape index (κ3) is 4.66. The number of unbranched alkanes of at least 4 members (excludes halogenated alkanes) is 2. The Balaban J connectivity index is 1.69. The van der Waals surface area contributed by atoms with Crippen LogP contribution in [0.4, 0.5) is 5.69 Å². The molecular weight excluding hydrogens is 234 g/mol. The van der Waals surface area contributed by atoms with Gasteiger partial charge in [-0.05, 0) is 48.9 Å². The molecule has 19 heavy (non-hydrogen) atoms. The van der Waals surface area contributed by atoms with Gasteiger partial charge in [0.15, 0.2) is 0 Å². The van der Waals surface area contributed by atoms with E-state index in [1.807, 2.05) is 6.07 Å². The van der Waals surface area contributed by atoms with E-state index < -0.39 is 0 Å². The van der Waals surface area contributed by atoms with Crippen molar-refractivity contribution in [2.45, 2.75) is 32.1 Å². The van der Waals surface area contributed by atoms with Gasteiger partial charge in [-0.15, -0.1) is 0 Å². The quantitative estimate of drug-likeness (QED) is 0.607. The highest BCUT2D eigenvalue weighted by atomic mass is 16.3. The van der Waals surface area contributed by atoms with Crippen molar-refractivity contribution in [1.29, 1.82) is 0 Å². The molecule has 0 atom stereocenters. The number of aryl methyl sites for hydroxylation is 2. The number of nitrogen functional groups attached to an aromatic ring is 1. The number of phenolic OH excluding ortho intramolecular Hbond substituents is 1. The molecule has 2 nitrogen and oxygen atoms in total. The normalized spacial score (nSPS) is 10.5. The Hall–Kier alpha value is -1.96. The first-order valence-corrected chi connectivity index (χ1v) is 6.86. The Morgan fingerprint density at radius 2 is 1.47 bits per heavy atom. The molecular formula is C17H21NO. The molecule has 0 radical (unpaired) electrons. The lowest BCUT2D eigenvalue weighted by atomic mass is 10.0. The van der Waals surface area contributed by atoms with Crippen molar-refractivity contribution in [3.8, 4) is 5.75 Å². The van der Waals surface area contributed by atoms with Crippen LogP contribution in [0.25, 0.3) is 0 Å². The van der Waals surface area contributed by atoms with Crippen LogP contribution in [-0.2, 0) is 12.8 Å². The number of rotatable bonds is 6. The minimum absolute atomic E-state index is 0.263. The van der Waals surface area contributed by atoms with E-state index in [1.165, 1.54) is 18.4 Å². The second-order valence-corrected chi connectivity index (χ2v) is 4.98. The maximum atomic E-state index is 9.47. The molecule has 3 N–H and O–H groups in total. The van der Waals surface area contributed by atoms with Gasteiger partial charge in [0.05, 0.1) is 0 Å². The predicted octanol–water partition coefficient (Wildman–Crippen LogP) is 3.93. The van der Waals surface area contributed by atoms with Crippen molar-refractivity contribution in [2.24, 2.45) is 0 Å². The molecule has 0 heterocycles. The lowest BCUT2D eigenvalue weighted by Crippen LogP contribution is -1.91. The fraction of sp³-hybridized carbons (Fsp3) is 0.294. The summed E-state index contributed by atoms with van der Waals surface area (Å²) in [5.41, 5.74) is 8.87. The predicted molar refractivity (Wildman–Crippen MR) is 80.2 cm³/mol. The first-order valence-electron chi connectivity index (χ1n) is 6.86. The van der Waals surface area contributed by atoms with Gasteiger partial charge in [0.1, 0.15) is 5.75 Å². The van der Waals surface area contributed by atoms with Crippen molar-refractivity contribution < 1.29 is 5.11 Å². The van der Waals surface area contributed by atoms with Gasteiger partial charge in [-0.25, -0.2) is 0 Å². The molecule has 0 saturated heterocycles. The Bertz CT molecular complexity index is 488. The van der Waals surface area contributed by atoms with Crippen molar-refractivity contribution >= 4 is 5.69 Å². The van der Waals surface area contributed by atoms with Gasteiger partial charge in [-0.2, -0.15) is 0 Å². The molecule has 0 aromatic heterocycles. The highest BCUT2D eigenvalue weighted by molar-refractivity contribution is 5.46. The molecule has 0 unspecified atom stereocenters. The second kappa shape index (κ2) is 6.83. The summed E-state index contributed by atoms with van der Waals surface area (Å²) in [6.45, 7) is 0. The summed E-state index contributed by atoms with van der Waals surface area (Å²) in [6.07, 6.45) is 5.66. The molecule has 2 heteroatoms. The second-order valence-electron chi connectivity index (χ2n) is 4.98. The molecule has 0 aliphatic heterocycles. The molecule has 0 spiro atoms. The van der Waals surface area contributed by atoms with Crippen LogP contribution in [0.1, 0.15) is 30.4 Å². The van der Waals surface area contributed by atoms with Gasteiger partial charge < -0.3 is 10.8 Å². The Labute approximate surface area is 114 Å². The SMILES string of the molecule is Nc1cc(O)cc(CCCCCc2ccccc2)c1. The summed E-state index contributed by atoms with van der Waals surface area (Å²) < 4.78 is 0. The van der Waals surface area contributed by atoms with Crippen LogP contribution in [0.2, 0.25) is 0 Å². The topological polar surface area (TPSA) is 46.2 Å². The molecule has 2 aromatic carbocycles. The van der Waals surface area contributed by atoms with Crippen LogP contribution in [0, 0.1) is 0 Å². The van der Waals surface area contributed by atoms with E-state index in [9.17, 15) is 5.11 Å². The van der Waals surface area contributed by atoms with Crippen LogP contribution in [0.3, 0.4) is 0 Å². The molecule has 0 amide bonds. The lowest BCUT2D eigenvalue weighted by molar-refractivity contribution is 0.474. The third-order valence-electron chi connectivity index (χ3n) is 3.27. The van der Waals surface area contributed by atoms with Crippen LogP contribution < -0.4 is 5.73 Å². The number of aromatic hydroxyl groups is 1. The molecule has 100 valence electrons. The summed E-state index contributed by atoms with van der Waals surface area (Å²) >= 11 is 0. The van der Waals surface area contributed by atoms with Gasteiger partial charge in [0, 0.05) is 11.8 Å². The largest absolute Gasteiger partial charge is 0.508 e. The molecule has 0 aliphatic rings. The number of phenols is 1. The van der Waals surface area contributed by atoms with Crippen LogP contribution in [-0.4, -0.2) is 5.11 Å². The maximum Gasteiger partial charge on any atom is 0.117 e. The zero-order valence-corrected chi connectivity index (χ0v) is 11.2. The standard InChI is InChI=1S/C17H21NO/c18-16-11-15(12-17(19)13-16)10-6-2-5-9-14-7-3-1-4-8-14/h1,3-4,7-8,11-13,19H,2,5-6,9-10,18H2. The van der Waals surface area contributed by atoms with Gasteiger partial charge in [-0.3, -0.25) is 0 Å². The van der Waals surface area contributed by atoms with Gasteiger partial charge >= 0.3 is 0 Å². The molecule has 0 bridgehead atoms. The van der Waals surface area contributed by atoms with Crippen molar-refractivity contribution in [1.82, 2.24) is 0 Å². The Kier molecular flexibility index (Phi) is 4.85. The van der Waals surface area contributed by atoms with Gasteiger partial charge in [0.25, 0.3) is 0 Å². The van der Waals surface area contributed by atoms with Crippen molar-refractivity contribution in [3.05, 3.63) is 59.7 Å². The average molecular weight is 255 g/mol. The first-order chi connectivity index (χ1) is 9.24. The third-order valence-corrected chi connectivity index (χ3v) is 3.27. The number of hydrogen-bond donors (Lipinski definition) is 2. The summed E-state index contributed by atoms with van der Waals surface area (Å²) in [7, 11) is 0. The number of benzene rings is 2. The van der Waals surface area contributed by atoms with Crippen LogP contribution >= 0.6 is 0 Å².